The van der Waals surface area contributed by atoms with Crippen molar-refractivity contribution in [1.29, 1.82) is 0 Å². The Hall–Kier alpha value is -1.55. The van der Waals surface area contributed by atoms with Crippen molar-refractivity contribution in [2.75, 3.05) is 19.6 Å². The average Bonchev–Trinajstić information content (AvgIpc) is 2.44. The second-order valence-corrected chi connectivity index (χ2v) is 6.79. The summed E-state index contributed by atoms with van der Waals surface area (Å²) in [6.07, 6.45) is 5.73. The zero-order valence-electron chi connectivity index (χ0n) is 13.1. The van der Waals surface area contributed by atoms with E-state index in [2.05, 4.69) is 16.3 Å². The monoisotopic (exact) mass is 302 g/mol. The van der Waals surface area contributed by atoms with Gasteiger partial charge in [-0.1, -0.05) is 18.6 Å². The molecule has 1 unspecified atom stereocenters. The Morgan fingerprint density at radius 2 is 2.14 bits per heavy atom. The van der Waals surface area contributed by atoms with Crippen LogP contribution >= 0.6 is 0 Å². The summed E-state index contributed by atoms with van der Waals surface area (Å²) in [7, 11) is 0. The largest absolute Gasteiger partial charge is 0.508 e. The number of rotatable bonds is 5. The minimum atomic E-state index is 0.261. The minimum absolute atomic E-state index is 0.261. The molecule has 1 saturated heterocycles. The fourth-order valence-corrected chi connectivity index (χ4v) is 3.43. The van der Waals surface area contributed by atoms with E-state index in [1.165, 1.54) is 19.3 Å². The molecule has 120 valence electrons. The fourth-order valence-electron chi connectivity index (χ4n) is 3.43. The van der Waals surface area contributed by atoms with Crippen LogP contribution in [0.15, 0.2) is 24.3 Å². The molecule has 3 rings (SSSR count). The Kier molecular flexibility index (Phi) is 4.98. The Labute approximate surface area is 132 Å². The predicted molar refractivity (Wildman–Crippen MR) is 86.5 cm³/mol. The summed E-state index contributed by atoms with van der Waals surface area (Å²) in [5.74, 6) is 1.43. The van der Waals surface area contributed by atoms with Gasteiger partial charge >= 0.3 is 0 Å². The van der Waals surface area contributed by atoms with Gasteiger partial charge in [-0.05, 0) is 55.8 Å². The molecule has 1 atom stereocenters. The Morgan fingerprint density at radius 3 is 2.86 bits per heavy atom. The first kappa shape index (κ1) is 15.3. The SMILES string of the molecule is O=C(NCC1CCCN(Cc2cccc(O)c2)C1)C1CCC1. The van der Waals surface area contributed by atoms with Gasteiger partial charge in [0.05, 0.1) is 0 Å². The number of piperidine rings is 1. The highest BCUT2D eigenvalue weighted by Crippen LogP contribution is 2.26. The van der Waals surface area contributed by atoms with Gasteiger partial charge in [0, 0.05) is 25.6 Å². The number of amides is 1. The van der Waals surface area contributed by atoms with Gasteiger partial charge < -0.3 is 10.4 Å². The topological polar surface area (TPSA) is 52.6 Å². The lowest BCUT2D eigenvalue weighted by Crippen LogP contribution is -2.42. The number of nitrogens with one attached hydrogen (secondary N) is 1. The van der Waals surface area contributed by atoms with E-state index in [-0.39, 0.29) is 11.8 Å². The zero-order valence-corrected chi connectivity index (χ0v) is 13.1. The molecule has 2 N–H and O–H groups in total. The van der Waals surface area contributed by atoms with Crippen LogP contribution in [-0.4, -0.2) is 35.5 Å². The molecule has 1 aliphatic heterocycles. The first-order valence-electron chi connectivity index (χ1n) is 8.48. The molecule has 22 heavy (non-hydrogen) atoms. The number of aromatic hydroxyl groups is 1. The number of hydrogen-bond donors (Lipinski definition) is 2. The highest BCUT2D eigenvalue weighted by atomic mass is 16.3. The molecule has 0 aromatic heterocycles. The van der Waals surface area contributed by atoms with Crippen molar-refractivity contribution in [3.05, 3.63) is 29.8 Å². The number of phenols is 1. The molecule has 1 heterocycles. The number of likely N-dealkylation sites (tertiary alicyclic amines) is 1. The molecule has 0 bridgehead atoms. The lowest BCUT2D eigenvalue weighted by molar-refractivity contribution is -0.127. The third kappa shape index (κ3) is 4.01. The highest BCUT2D eigenvalue weighted by Gasteiger charge is 2.26. The maximum absolute atomic E-state index is 11.9. The summed E-state index contributed by atoms with van der Waals surface area (Å²) in [4.78, 5) is 14.4. The number of hydrogen-bond acceptors (Lipinski definition) is 3. The molecule has 1 aliphatic carbocycles. The number of phenolic OH excluding ortho intramolecular Hbond substituents is 1. The van der Waals surface area contributed by atoms with Gasteiger partial charge in [-0.25, -0.2) is 0 Å². The van der Waals surface area contributed by atoms with Crippen LogP contribution in [-0.2, 0) is 11.3 Å². The van der Waals surface area contributed by atoms with Gasteiger partial charge in [0.1, 0.15) is 5.75 Å². The van der Waals surface area contributed by atoms with E-state index in [9.17, 15) is 9.90 Å². The van der Waals surface area contributed by atoms with Crippen molar-refractivity contribution in [3.63, 3.8) is 0 Å². The van der Waals surface area contributed by atoms with E-state index >= 15 is 0 Å². The van der Waals surface area contributed by atoms with Crippen LogP contribution < -0.4 is 5.32 Å². The summed E-state index contributed by atoms with van der Waals surface area (Å²) in [6, 6.07) is 7.49. The molecule has 0 spiro atoms. The van der Waals surface area contributed by atoms with Crippen LogP contribution in [0.1, 0.15) is 37.7 Å². The molecule has 0 radical (unpaired) electrons. The minimum Gasteiger partial charge on any atom is -0.508 e. The molecule has 1 saturated carbocycles. The molecule has 1 amide bonds. The number of benzene rings is 1. The Balaban J connectivity index is 1.45. The van der Waals surface area contributed by atoms with Gasteiger partial charge in [-0.3, -0.25) is 9.69 Å². The maximum atomic E-state index is 11.9. The molecule has 1 aromatic carbocycles. The molecule has 2 aliphatic rings. The standard InChI is InChI=1S/C18H26N2O2/c21-17-8-1-4-14(10-17)12-20-9-3-5-15(13-20)11-19-18(22)16-6-2-7-16/h1,4,8,10,15-16,21H,2-3,5-7,9,11-13H2,(H,19,22). The van der Waals surface area contributed by atoms with Crippen LogP contribution in [0.25, 0.3) is 0 Å². The van der Waals surface area contributed by atoms with E-state index in [1.54, 1.807) is 6.07 Å². The van der Waals surface area contributed by atoms with Gasteiger partial charge in [-0.2, -0.15) is 0 Å². The maximum Gasteiger partial charge on any atom is 0.223 e. The number of carbonyl (C=O) groups is 1. The lowest BCUT2D eigenvalue weighted by Gasteiger charge is -2.33. The second-order valence-electron chi connectivity index (χ2n) is 6.79. The first-order valence-corrected chi connectivity index (χ1v) is 8.48. The third-order valence-electron chi connectivity index (χ3n) is 4.96. The van der Waals surface area contributed by atoms with E-state index in [0.717, 1.165) is 44.6 Å². The quantitative estimate of drug-likeness (QED) is 0.879. The first-order chi connectivity index (χ1) is 10.7. The van der Waals surface area contributed by atoms with Crippen LogP contribution in [0.5, 0.6) is 5.75 Å². The Morgan fingerprint density at radius 1 is 1.27 bits per heavy atom. The summed E-state index contributed by atoms with van der Waals surface area (Å²) in [6.45, 7) is 3.82. The van der Waals surface area contributed by atoms with Crippen molar-refractivity contribution in [2.45, 2.75) is 38.6 Å². The smallest absolute Gasteiger partial charge is 0.223 e. The summed E-state index contributed by atoms with van der Waals surface area (Å²) in [5, 5.41) is 12.7. The molecule has 1 aromatic rings. The number of carbonyl (C=O) groups excluding carboxylic acids is 1. The Bertz CT molecular complexity index is 514. The van der Waals surface area contributed by atoms with E-state index < -0.39 is 0 Å². The van der Waals surface area contributed by atoms with Gasteiger partial charge in [0.25, 0.3) is 0 Å². The molecule has 4 heteroatoms. The van der Waals surface area contributed by atoms with Gasteiger partial charge in [-0.15, -0.1) is 0 Å². The molecular weight excluding hydrogens is 276 g/mol. The fraction of sp³-hybridized carbons (Fsp3) is 0.611. The lowest BCUT2D eigenvalue weighted by atomic mass is 9.84. The van der Waals surface area contributed by atoms with Gasteiger partial charge in [0.15, 0.2) is 0 Å². The predicted octanol–water partition coefficient (Wildman–Crippen LogP) is 2.52. The van der Waals surface area contributed by atoms with E-state index in [0.29, 0.717) is 11.7 Å². The van der Waals surface area contributed by atoms with Crippen molar-refractivity contribution in [2.24, 2.45) is 11.8 Å². The second kappa shape index (κ2) is 7.14. The summed E-state index contributed by atoms with van der Waals surface area (Å²) in [5.41, 5.74) is 1.15. The highest BCUT2D eigenvalue weighted by molar-refractivity contribution is 5.79. The molecule has 2 fully saturated rings. The molecule has 4 nitrogen and oxygen atoms in total. The van der Waals surface area contributed by atoms with Crippen molar-refractivity contribution in [3.8, 4) is 5.75 Å². The van der Waals surface area contributed by atoms with Crippen LogP contribution in [0.4, 0.5) is 0 Å². The normalized spacial score (nSPS) is 23.0. The van der Waals surface area contributed by atoms with E-state index in [1.807, 2.05) is 12.1 Å². The van der Waals surface area contributed by atoms with Crippen molar-refractivity contribution in [1.82, 2.24) is 10.2 Å². The number of nitrogens with zero attached hydrogens (tertiary/aromatic N) is 1. The summed E-state index contributed by atoms with van der Waals surface area (Å²) < 4.78 is 0. The van der Waals surface area contributed by atoms with Crippen molar-refractivity contribution < 1.29 is 9.90 Å². The van der Waals surface area contributed by atoms with E-state index in [4.69, 9.17) is 0 Å². The zero-order chi connectivity index (χ0) is 15.4. The third-order valence-corrected chi connectivity index (χ3v) is 4.96. The average molecular weight is 302 g/mol. The van der Waals surface area contributed by atoms with Crippen molar-refractivity contribution >= 4 is 5.91 Å². The molecular formula is C18H26N2O2. The van der Waals surface area contributed by atoms with Gasteiger partial charge in [0.2, 0.25) is 5.91 Å². The van der Waals surface area contributed by atoms with Crippen LogP contribution in [0, 0.1) is 11.8 Å². The van der Waals surface area contributed by atoms with Crippen LogP contribution in [0.3, 0.4) is 0 Å². The summed E-state index contributed by atoms with van der Waals surface area (Å²) >= 11 is 0. The van der Waals surface area contributed by atoms with Crippen LogP contribution in [0.2, 0.25) is 0 Å².